The first-order chi connectivity index (χ1) is 20.6. The van der Waals surface area contributed by atoms with Crippen molar-refractivity contribution in [2.75, 3.05) is 31.5 Å². The number of likely N-dealkylation sites (tertiary alicyclic amines) is 1. The SMILES string of the molecule is CCC1(c2cccc(C#N)c2)CCC(N(CCC2CCN(CC3CC3)CC2)C(=O)Nc2ccc(F)c(C(F)(F)F)c2)CC1. The van der Waals surface area contributed by atoms with Crippen LogP contribution in [0.4, 0.5) is 28.0 Å². The number of halogens is 4. The van der Waals surface area contributed by atoms with Crippen molar-refractivity contribution in [1.29, 1.82) is 5.26 Å². The number of nitrogens with one attached hydrogen (secondary N) is 1. The molecule has 2 aromatic rings. The number of nitrogens with zero attached hydrogens (tertiary/aromatic N) is 3. The highest BCUT2D eigenvalue weighted by molar-refractivity contribution is 5.89. The second-order valence-corrected chi connectivity index (χ2v) is 12.8. The lowest BCUT2D eigenvalue weighted by Gasteiger charge is -2.44. The maximum Gasteiger partial charge on any atom is 0.419 e. The number of rotatable bonds is 9. The molecule has 1 saturated heterocycles. The zero-order chi connectivity index (χ0) is 30.6. The number of urea groups is 1. The molecule has 5 nitrogen and oxygen atoms in total. The maximum atomic E-state index is 13.9. The molecule has 1 heterocycles. The summed E-state index contributed by atoms with van der Waals surface area (Å²) in [5.41, 5.74) is 0.240. The van der Waals surface area contributed by atoms with E-state index in [2.05, 4.69) is 29.3 Å². The lowest BCUT2D eigenvalue weighted by molar-refractivity contribution is -0.139. The number of carbonyl (C=O) groups excluding carboxylic acids is 1. The van der Waals surface area contributed by atoms with Crippen LogP contribution in [0.15, 0.2) is 42.5 Å². The monoisotopic (exact) mass is 598 g/mol. The summed E-state index contributed by atoms with van der Waals surface area (Å²) < 4.78 is 54.0. The Morgan fingerprint density at radius 1 is 1.05 bits per heavy atom. The van der Waals surface area contributed by atoms with E-state index < -0.39 is 23.6 Å². The average molecular weight is 599 g/mol. The van der Waals surface area contributed by atoms with Gasteiger partial charge < -0.3 is 15.1 Å². The van der Waals surface area contributed by atoms with Gasteiger partial charge in [-0.1, -0.05) is 19.1 Å². The van der Waals surface area contributed by atoms with Crippen molar-refractivity contribution in [3.63, 3.8) is 0 Å². The predicted molar refractivity (Wildman–Crippen MR) is 159 cm³/mol. The van der Waals surface area contributed by atoms with Crippen molar-refractivity contribution >= 4 is 11.7 Å². The topological polar surface area (TPSA) is 59.4 Å². The summed E-state index contributed by atoms with van der Waals surface area (Å²) in [5, 5.41) is 12.1. The molecule has 2 saturated carbocycles. The van der Waals surface area contributed by atoms with E-state index in [1.54, 1.807) is 6.07 Å². The van der Waals surface area contributed by atoms with E-state index in [-0.39, 0.29) is 17.1 Å². The summed E-state index contributed by atoms with van der Waals surface area (Å²) in [4.78, 5) is 18.1. The van der Waals surface area contributed by atoms with Crippen molar-refractivity contribution in [3.8, 4) is 6.07 Å². The molecule has 43 heavy (non-hydrogen) atoms. The molecule has 3 aliphatic rings. The normalized spacial score (nSPS) is 23.5. The van der Waals surface area contributed by atoms with Crippen molar-refractivity contribution in [2.24, 2.45) is 11.8 Å². The van der Waals surface area contributed by atoms with Gasteiger partial charge in [0.2, 0.25) is 0 Å². The summed E-state index contributed by atoms with van der Waals surface area (Å²) >= 11 is 0. The zero-order valence-electron chi connectivity index (χ0n) is 24.9. The van der Waals surface area contributed by atoms with E-state index in [1.807, 2.05) is 17.0 Å². The van der Waals surface area contributed by atoms with Gasteiger partial charge in [0.1, 0.15) is 5.82 Å². The number of benzene rings is 2. The summed E-state index contributed by atoms with van der Waals surface area (Å²) in [6, 6.07) is 12.1. The van der Waals surface area contributed by atoms with Crippen molar-refractivity contribution in [1.82, 2.24) is 9.80 Å². The molecule has 1 aliphatic heterocycles. The Labute approximate surface area is 252 Å². The Morgan fingerprint density at radius 2 is 1.77 bits per heavy atom. The highest BCUT2D eigenvalue weighted by Gasteiger charge is 2.39. The predicted octanol–water partition coefficient (Wildman–Crippen LogP) is 8.35. The third-order valence-corrected chi connectivity index (χ3v) is 10.1. The molecule has 0 atom stereocenters. The Kier molecular flexibility index (Phi) is 9.65. The Hall–Kier alpha value is -3.12. The molecule has 2 amide bonds. The number of hydrogen-bond acceptors (Lipinski definition) is 3. The van der Waals surface area contributed by atoms with Crippen LogP contribution in [0.2, 0.25) is 0 Å². The van der Waals surface area contributed by atoms with E-state index in [0.29, 0.717) is 24.1 Å². The van der Waals surface area contributed by atoms with E-state index in [4.69, 9.17) is 0 Å². The van der Waals surface area contributed by atoms with Crippen LogP contribution in [0, 0.1) is 29.0 Å². The maximum absolute atomic E-state index is 13.9. The quantitative estimate of drug-likeness (QED) is 0.295. The van der Waals surface area contributed by atoms with Crippen LogP contribution in [0.1, 0.15) is 87.8 Å². The standard InChI is InChI=1S/C34H42F4N4O/c1-2-33(27-5-3-4-26(20-27)22-39)15-10-29(11-16-33)42(19-14-24-12-17-41(18-13-24)23-25-6-7-25)32(43)40-28-8-9-31(35)30(21-28)34(36,37)38/h3-5,8-9,20-21,24-25,29H,2,6-7,10-19,23H2,1H3,(H,40,43). The highest BCUT2D eigenvalue weighted by atomic mass is 19.4. The molecule has 0 unspecified atom stereocenters. The fraction of sp³-hybridized carbons (Fsp3) is 0.588. The van der Waals surface area contributed by atoms with Crippen LogP contribution in [-0.4, -0.2) is 48.1 Å². The van der Waals surface area contributed by atoms with Crippen LogP contribution in [0.25, 0.3) is 0 Å². The molecule has 1 N–H and O–H groups in total. The third-order valence-electron chi connectivity index (χ3n) is 10.1. The van der Waals surface area contributed by atoms with Gasteiger partial charge in [-0.05, 0) is 130 Å². The minimum absolute atomic E-state index is 0.0590. The molecule has 2 aliphatic carbocycles. The van der Waals surface area contributed by atoms with Crippen LogP contribution in [0.5, 0.6) is 0 Å². The van der Waals surface area contributed by atoms with Gasteiger partial charge in [-0.15, -0.1) is 0 Å². The average Bonchev–Trinajstić information content (AvgIpc) is 3.83. The summed E-state index contributed by atoms with van der Waals surface area (Å²) in [7, 11) is 0. The van der Waals surface area contributed by atoms with Gasteiger partial charge in [-0.3, -0.25) is 0 Å². The van der Waals surface area contributed by atoms with Gasteiger partial charge in [0.05, 0.1) is 17.2 Å². The van der Waals surface area contributed by atoms with E-state index in [9.17, 15) is 27.6 Å². The first kappa shape index (κ1) is 31.3. The Bertz CT molecular complexity index is 1300. The molecule has 0 aromatic heterocycles. The fourth-order valence-corrected chi connectivity index (χ4v) is 7.14. The zero-order valence-corrected chi connectivity index (χ0v) is 24.9. The fourth-order valence-electron chi connectivity index (χ4n) is 7.14. The minimum Gasteiger partial charge on any atom is -0.322 e. The molecule has 9 heteroatoms. The van der Waals surface area contributed by atoms with E-state index in [1.165, 1.54) is 25.5 Å². The van der Waals surface area contributed by atoms with E-state index in [0.717, 1.165) is 82.0 Å². The molecule has 2 aromatic carbocycles. The van der Waals surface area contributed by atoms with Gasteiger partial charge in [0.25, 0.3) is 0 Å². The third kappa shape index (κ3) is 7.70. The van der Waals surface area contributed by atoms with Gasteiger partial charge >= 0.3 is 12.2 Å². The van der Waals surface area contributed by atoms with Crippen LogP contribution < -0.4 is 5.32 Å². The molecule has 3 fully saturated rings. The lowest BCUT2D eigenvalue weighted by atomic mass is 9.66. The molecule has 5 rings (SSSR count). The number of nitriles is 1. The number of amides is 2. The van der Waals surface area contributed by atoms with Gasteiger partial charge in [0.15, 0.2) is 0 Å². The second-order valence-electron chi connectivity index (χ2n) is 12.8. The molecule has 0 radical (unpaired) electrons. The second kappa shape index (κ2) is 13.3. The lowest BCUT2D eigenvalue weighted by Crippen LogP contribution is -2.48. The molecule has 0 bridgehead atoms. The molecule has 0 spiro atoms. The van der Waals surface area contributed by atoms with E-state index >= 15 is 0 Å². The van der Waals surface area contributed by atoms with Crippen molar-refractivity contribution < 1.29 is 22.4 Å². The van der Waals surface area contributed by atoms with Crippen LogP contribution in [-0.2, 0) is 11.6 Å². The summed E-state index contributed by atoms with van der Waals surface area (Å²) in [6.45, 7) is 6.03. The van der Waals surface area contributed by atoms with Crippen molar-refractivity contribution in [2.45, 2.75) is 88.8 Å². The summed E-state index contributed by atoms with van der Waals surface area (Å²) in [6.07, 6.45) is 4.99. The van der Waals surface area contributed by atoms with Crippen molar-refractivity contribution in [3.05, 3.63) is 65.0 Å². The molecular weight excluding hydrogens is 556 g/mol. The largest absolute Gasteiger partial charge is 0.419 e. The van der Waals surface area contributed by atoms with Gasteiger partial charge in [-0.25, -0.2) is 9.18 Å². The number of alkyl halides is 3. The van der Waals surface area contributed by atoms with Gasteiger partial charge in [-0.2, -0.15) is 18.4 Å². The summed E-state index contributed by atoms with van der Waals surface area (Å²) in [5.74, 6) is 0.00321. The number of anilines is 1. The Morgan fingerprint density at radius 3 is 2.40 bits per heavy atom. The smallest absolute Gasteiger partial charge is 0.322 e. The highest BCUT2D eigenvalue weighted by Crippen LogP contribution is 2.44. The van der Waals surface area contributed by atoms with Crippen LogP contribution >= 0.6 is 0 Å². The number of carbonyl (C=O) groups is 1. The first-order valence-corrected chi connectivity index (χ1v) is 15.8. The first-order valence-electron chi connectivity index (χ1n) is 15.8. The minimum atomic E-state index is -4.85. The van der Waals surface area contributed by atoms with Crippen LogP contribution in [0.3, 0.4) is 0 Å². The Balaban J connectivity index is 1.29. The van der Waals surface area contributed by atoms with Gasteiger partial charge in [0, 0.05) is 24.8 Å². The molecule has 232 valence electrons. The number of hydrogen-bond donors (Lipinski definition) is 1. The molecular formula is C34H42F4N4O. The number of piperidine rings is 1.